The van der Waals surface area contributed by atoms with Crippen molar-refractivity contribution in [3.63, 3.8) is 0 Å². The predicted octanol–water partition coefficient (Wildman–Crippen LogP) is 3.83. The highest BCUT2D eigenvalue weighted by Crippen LogP contribution is 2.26. The maximum Gasteiger partial charge on any atom is 0.236 e. The van der Waals surface area contributed by atoms with Crippen molar-refractivity contribution in [1.82, 2.24) is 15.2 Å². The topological polar surface area (TPSA) is 87.6 Å². The normalized spacial score (nSPS) is 10.6. The van der Waals surface area contributed by atoms with Gasteiger partial charge in [0.2, 0.25) is 5.89 Å². The van der Waals surface area contributed by atoms with Crippen molar-refractivity contribution in [2.45, 2.75) is 6.54 Å². The van der Waals surface area contributed by atoms with E-state index in [1.165, 1.54) is 0 Å². The quantitative estimate of drug-likeness (QED) is 0.610. The molecule has 0 aliphatic carbocycles. The van der Waals surface area contributed by atoms with Crippen molar-refractivity contribution in [2.75, 3.05) is 5.32 Å². The number of thiophene rings is 1. The molecule has 0 saturated heterocycles. The van der Waals surface area contributed by atoms with Gasteiger partial charge in [0.05, 0.1) is 28.3 Å². The molecule has 24 heavy (non-hydrogen) atoms. The van der Waals surface area contributed by atoms with E-state index < -0.39 is 0 Å². The Bertz CT molecular complexity index is 1030. The number of aromatic nitrogens is 3. The number of nitrogens with zero attached hydrogens (tertiary/aromatic N) is 4. The Morgan fingerprint density at radius 2 is 2.08 bits per heavy atom. The van der Waals surface area contributed by atoms with Crippen LogP contribution >= 0.6 is 11.3 Å². The molecular formula is C17H11N5OS. The van der Waals surface area contributed by atoms with Gasteiger partial charge in [-0.15, -0.1) is 21.5 Å². The molecule has 116 valence electrons. The fourth-order valence-electron chi connectivity index (χ4n) is 2.39. The molecule has 0 bridgehead atoms. The molecule has 0 aliphatic heterocycles. The number of nitriles is 1. The third-order valence-corrected chi connectivity index (χ3v) is 4.36. The van der Waals surface area contributed by atoms with Crippen LogP contribution in [0.2, 0.25) is 0 Å². The molecule has 4 rings (SSSR count). The molecule has 0 aliphatic rings. The van der Waals surface area contributed by atoms with Crippen LogP contribution in [0.25, 0.3) is 21.7 Å². The number of fused-ring (bicyclic) bond motifs is 1. The summed E-state index contributed by atoms with van der Waals surface area (Å²) in [6, 6.07) is 13.5. The molecule has 6 nitrogen and oxygen atoms in total. The summed E-state index contributed by atoms with van der Waals surface area (Å²) in [5, 5.41) is 23.4. The Kier molecular flexibility index (Phi) is 3.65. The fraction of sp³-hybridized carbons (Fsp3) is 0.0588. The predicted molar refractivity (Wildman–Crippen MR) is 91.4 cm³/mol. The van der Waals surface area contributed by atoms with Gasteiger partial charge in [-0.05, 0) is 17.5 Å². The minimum Gasteiger partial charge on any atom is -0.443 e. The molecule has 0 atom stereocenters. The van der Waals surface area contributed by atoms with Crippen molar-refractivity contribution < 1.29 is 4.42 Å². The fourth-order valence-corrected chi connectivity index (χ4v) is 3.05. The zero-order valence-electron chi connectivity index (χ0n) is 12.4. The highest BCUT2D eigenvalue weighted by atomic mass is 32.1. The monoisotopic (exact) mass is 333 g/mol. The minimum atomic E-state index is 0.260. The van der Waals surface area contributed by atoms with Crippen LogP contribution in [0, 0.1) is 11.3 Å². The highest BCUT2D eigenvalue weighted by molar-refractivity contribution is 7.13. The molecule has 7 heteroatoms. The first-order valence-corrected chi connectivity index (χ1v) is 8.11. The van der Waals surface area contributed by atoms with Gasteiger partial charge < -0.3 is 9.73 Å². The summed E-state index contributed by atoms with van der Waals surface area (Å²) in [5.41, 5.74) is 2.40. The Morgan fingerprint density at radius 1 is 1.17 bits per heavy atom. The van der Waals surface area contributed by atoms with Crippen LogP contribution in [0.4, 0.5) is 5.69 Å². The van der Waals surface area contributed by atoms with Gasteiger partial charge in [0, 0.05) is 5.39 Å². The standard InChI is InChI=1S/C17H11N5OS/c18-8-14-16(12-4-1-2-5-13(12)21-22-14)19-9-11-10-23-17(20-11)15-6-3-7-24-15/h1-7,10H,9H2,(H,19,21). The second kappa shape index (κ2) is 6.10. The van der Waals surface area contributed by atoms with Crippen LogP contribution in [0.15, 0.2) is 52.5 Å². The molecule has 0 fully saturated rings. The van der Waals surface area contributed by atoms with E-state index in [-0.39, 0.29) is 5.69 Å². The van der Waals surface area contributed by atoms with Gasteiger partial charge in [-0.1, -0.05) is 24.3 Å². The third-order valence-electron chi connectivity index (χ3n) is 3.50. The van der Waals surface area contributed by atoms with Crippen molar-refractivity contribution in [3.05, 3.63) is 59.4 Å². The number of hydrogen-bond acceptors (Lipinski definition) is 7. The number of oxazole rings is 1. The molecule has 0 amide bonds. The molecular weight excluding hydrogens is 322 g/mol. The first-order valence-electron chi connectivity index (χ1n) is 7.23. The van der Waals surface area contributed by atoms with E-state index in [1.807, 2.05) is 41.8 Å². The molecule has 0 unspecified atom stereocenters. The van der Waals surface area contributed by atoms with Crippen LogP contribution in [0.5, 0.6) is 0 Å². The lowest BCUT2D eigenvalue weighted by atomic mass is 10.1. The van der Waals surface area contributed by atoms with E-state index in [9.17, 15) is 5.26 Å². The van der Waals surface area contributed by atoms with Gasteiger partial charge in [-0.25, -0.2) is 4.98 Å². The zero-order chi connectivity index (χ0) is 16.4. The maximum atomic E-state index is 9.28. The minimum absolute atomic E-state index is 0.260. The Labute approximate surface area is 141 Å². The van der Waals surface area contributed by atoms with Crippen LogP contribution in [-0.4, -0.2) is 15.2 Å². The number of benzene rings is 1. The maximum absolute atomic E-state index is 9.28. The van der Waals surface area contributed by atoms with Crippen LogP contribution < -0.4 is 5.32 Å². The van der Waals surface area contributed by atoms with Crippen LogP contribution in [0.3, 0.4) is 0 Å². The number of anilines is 1. The average Bonchev–Trinajstić information content (AvgIpc) is 3.30. The summed E-state index contributed by atoms with van der Waals surface area (Å²) in [5.74, 6) is 0.597. The summed E-state index contributed by atoms with van der Waals surface area (Å²) in [4.78, 5) is 5.45. The lowest BCUT2D eigenvalue weighted by Crippen LogP contribution is -2.05. The van der Waals surface area contributed by atoms with E-state index >= 15 is 0 Å². The van der Waals surface area contributed by atoms with Crippen LogP contribution in [-0.2, 0) is 6.54 Å². The molecule has 0 radical (unpaired) electrons. The van der Waals surface area contributed by atoms with Crippen LogP contribution in [0.1, 0.15) is 11.4 Å². The summed E-state index contributed by atoms with van der Waals surface area (Å²) in [6.45, 7) is 0.430. The van der Waals surface area contributed by atoms with E-state index in [0.717, 1.165) is 21.5 Å². The summed E-state index contributed by atoms with van der Waals surface area (Å²) >= 11 is 1.57. The third kappa shape index (κ3) is 2.59. The molecule has 0 saturated carbocycles. The van der Waals surface area contributed by atoms with E-state index in [0.29, 0.717) is 18.1 Å². The molecule has 4 aromatic rings. The van der Waals surface area contributed by atoms with Crippen molar-refractivity contribution in [1.29, 1.82) is 5.26 Å². The lowest BCUT2D eigenvalue weighted by molar-refractivity contribution is 0.574. The zero-order valence-corrected chi connectivity index (χ0v) is 13.2. The largest absolute Gasteiger partial charge is 0.443 e. The SMILES string of the molecule is N#Cc1nnc2ccccc2c1NCc1coc(-c2cccs2)n1. The van der Waals surface area contributed by atoms with Gasteiger partial charge in [0.25, 0.3) is 0 Å². The number of hydrogen-bond donors (Lipinski definition) is 1. The molecule has 3 aromatic heterocycles. The van der Waals surface area contributed by atoms with Gasteiger partial charge in [-0.2, -0.15) is 5.26 Å². The highest BCUT2D eigenvalue weighted by Gasteiger charge is 2.12. The average molecular weight is 333 g/mol. The first-order chi connectivity index (χ1) is 11.8. The van der Waals surface area contributed by atoms with E-state index in [4.69, 9.17) is 4.42 Å². The number of rotatable bonds is 4. The van der Waals surface area contributed by atoms with Crippen molar-refractivity contribution in [3.8, 4) is 16.8 Å². The molecule has 3 heterocycles. The van der Waals surface area contributed by atoms with E-state index in [1.54, 1.807) is 17.6 Å². The van der Waals surface area contributed by atoms with E-state index in [2.05, 4.69) is 26.6 Å². The van der Waals surface area contributed by atoms with Gasteiger partial charge in [0.1, 0.15) is 12.3 Å². The van der Waals surface area contributed by atoms with Gasteiger partial charge in [-0.3, -0.25) is 0 Å². The second-order valence-corrected chi connectivity index (χ2v) is 5.98. The smallest absolute Gasteiger partial charge is 0.236 e. The molecule has 0 spiro atoms. The van der Waals surface area contributed by atoms with Crippen molar-refractivity contribution in [2.24, 2.45) is 0 Å². The lowest BCUT2D eigenvalue weighted by Gasteiger charge is -2.08. The first kappa shape index (κ1) is 14.4. The second-order valence-electron chi connectivity index (χ2n) is 5.03. The summed E-state index contributed by atoms with van der Waals surface area (Å²) in [7, 11) is 0. The van der Waals surface area contributed by atoms with Gasteiger partial charge in [0.15, 0.2) is 5.69 Å². The number of nitrogens with one attached hydrogen (secondary N) is 1. The van der Waals surface area contributed by atoms with Crippen molar-refractivity contribution >= 4 is 27.9 Å². The Hall–Kier alpha value is -3.24. The summed E-state index contributed by atoms with van der Waals surface area (Å²) < 4.78 is 5.51. The molecule has 1 aromatic carbocycles. The Balaban J connectivity index is 1.62. The Morgan fingerprint density at radius 3 is 2.92 bits per heavy atom. The van der Waals surface area contributed by atoms with Gasteiger partial charge >= 0.3 is 0 Å². The molecule has 1 N–H and O–H groups in total. The summed E-state index contributed by atoms with van der Waals surface area (Å²) in [6.07, 6.45) is 1.62.